The number of rotatable bonds is 4. The van der Waals surface area contributed by atoms with E-state index in [0.29, 0.717) is 24.2 Å². The predicted molar refractivity (Wildman–Crippen MR) is 118 cm³/mol. The summed E-state index contributed by atoms with van der Waals surface area (Å²) in [5.41, 5.74) is 0. The fourth-order valence-electron chi connectivity index (χ4n) is 5.80. The van der Waals surface area contributed by atoms with Crippen LogP contribution in [-0.2, 0) is 21.7 Å². The molecule has 156 valence electrons. The van der Waals surface area contributed by atoms with E-state index in [1.165, 1.54) is 64.2 Å². The second-order valence-electron chi connectivity index (χ2n) is 9.47. The van der Waals surface area contributed by atoms with E-state index in [9.17, 15) is 0 Å². The van der Waals surface area contributed by atoms with E-state index in [0.717, 1.165) is 23.7 Å². The number of hydrogen-bond acceptors (Lipinski definition) is 0. The van der Waals surface area contributed by atoms with Crippen molar-refractivity contribution in [3.63, 3.8) is 0 Å². The van der Waals surface area contributed by atoms with Gasteiger partial charge in [-0.2, -0.15) is 12.1 Å². The minimum absolute atomic E-state index is 0. The molecule has 0 N–H and O–H groups in total. The molecule has 0 aliphatic heterocycles. The fraction of sp³-hybridized carbons (Fsp3) is 0.917. The molecule has 3 rings (SSSR count). The zero-order valence-corrected chi connectivity index (χ0v) is 20.6. The van der Waals surface area contributed by atoms with Crippen molar-refractivity contribution >= 4 is 0 Å². The van der Waals surface area contributed by atoms with E-state index in [-0.39, 0.29) is 36.6 Å². The van der Waals surface area contributed by atoms with Crippen LogP contribution in [0.2, 0.25) is 0 Å². The van der Waals surface area contributed by atoms with Gasteiger partial charge in [-0.3, -0.25) is 0 Å². The van der Waals surface area contributed by atoms with Crippen molar-refractivity contribution in [2.75, 3.05) is 0 Å². The van der Waals surface area contributed by atoms with Crippen LogP contribution in [-0.4, -0.2) is 24.2 Å². The molecule has 2 nitrogen and oxygen atoms in total. The molecule has 6 unspecified atom stereocenters. The summed E-state index contributed by atoms with van der Waals surface area (Å²) in [6.07, 6.45) is 13.6. The number of hydrogen-bond donors (Lipinski definition) is 0. The molecule has 0 radical (unpaired) electrons. The molecule has 0 saturated heterocycles. The standard InChI is InChI=1S/C22H40N2.2CH3.Ti/c1-15-9-7-10-16(2)21(15)23-19-13-5-6-14-20(19)24-22-17(3)11-8-12-18(22)4;;;/h15-22H,5-14H2,1-4H3;2*1H3;/q-2;2*-1;+4. The average molecular weight is 411 g/mol. The summed E-state index contributed by atoms with van der Waals surface area (Å²) in [4.78, 5) is 0. The molecule has 6 atom stereocenters. The molecule has 0 aromatic heterocycles. The molecule has 0 heterocycles. The Morgan fingerprint density at radius 2 is 0.778 bits per heavy atom. The quantitative estimate of drug-likeness (QED) is 0.337. The van der Waals surface area contributed by atoms with Gasteiger partial charge >= 0.3 is 21.7 Å². The van der Waals surface area contributed by atoms with Gasteiger partial charge in [0.2, 0.25) is 0 Å². The Labute approximate surface area is 186 Å². The molecule has 3 aliphatic carbocycles. The van der Waals surface area contributed by atoms with Gasteiger partial charge in [0.25, 0.3) is 0 Å². The van der Waals surface area contributed by atoms with Gasteiger partial charge in [-0.25, -0.2) is 0 Å². The largest absolute Gasteiger partial charge is 4.00 e. The van der Waals surface area contributed by atoms with Crippen LogP contribution in [0.4, 0.5) is 0 Å². The monoisotopic (exact) mass is 410 g/mol. The van der Waals surface area contributed by atoms with Crippen molar-refractivity contribution in [1.82, 2.24) is 0 Å². The van der Waals surface area contributed by atoms with Crippen LogP contribution in [0.3, 0.4) is 0 Å². The van der Waals surface area contributed by atoms with E-state index < -0.39 is 0 Å². The summed E-state index contributed by atoms with van der Waals surface area (Å²) in [7, 11) is 0. The third kappa shape index (κ3) is 7.12. The van der Waals surface area contributed by atoms with Crippen LogP contribution in [0, 0.1) is 38.5 Å². The molecule has 3 fully saturated rings. The molecular weight excluding hydrogens is 364 g/mol. The third-order valence-electron chi connectivity index (χ3n) is 7.39. The van der Waals surface area contributed by atoms with Crippen LogP contribution in [0.15, 0.2) is 0 Å². The Morgan fingerprint density at radius 1 is 0.481 bits per heavy atom. The molecular formula is C24H46N2Ti. The van der Waals surface area contributed by atoms with Crippen molar-refractivity contribution in [1.29, 1.82) is 0 Å². The van der Waals surface area contributed by atoms with Gasteiger partial charge in [0.05, 0.1) is 0 Å². The zero-order valence-electron chi connectivity index (χ0n) is 19.1. The first-order chi connectivity index (χ1) is 11.6. The maximum absolute atomic E-state index is 5.46. The maximum Gasteiger partial charge on any atom is 4.00 e. The van der Waals surface area contributed by atoms with E-state index in [1.54, 1.807) is 0 Å². The smallest absolute Gasteiger partial charge is 0.657 e. The minimum Gasteiger partial charge on any atom is -0.657 e. The molecule has 3 saturated carbocycles. The van der Waals surface area contributed by atoms with Crippen molar-refractivity contribution in [2.24, 2.45) is 23.7 Å². The topological polar surface area (TPSA) is 28.2 Å². The molecule has 0 bridgehead atoms. The van der Waals surface area contributed by atoms with Crippen molar-refractivity contribution < 1.29 is 21.7 Å². The summed E-state index contributed by atoms with van der Waals surface area (Å²) in [5.74, 6) is 3.13. The van der Waals surface area contributed by atoms with E-state index in [1.807, 2.05) is 0 Å². The first-order valence-corrected chi connectivity index (χ1v) is 11.0. The third-order valence-corrected chi connectivity index (χ3v) is 7.39. The van der Waals surface area contributed by atoms with Crippen molar-refractivity contribution in [2.45, 2.75) is 116 Å². The van der Waals surface area contributed by atoms with Gasteiger partial charge in [-0.05, 0) is 0 Å². The van der Waals surface area contributed by atoms with Crippen molar-refractivity contribution in [3.8, 4) is 0 Å². The van der Waals surface area contributed by atoms with Crippen molar-refractivity contribution in [3.05, 3.63) is 25.5 Å². The van der Waals surface area contributed by atoms with Gasteiger partial charge in [0.1, 0.15) is 0 Å². The zero-order chi connectivity index (χ0) is 17.1. The molecule has 3 aliphatic rings. The molecule has 0 aromatic carbocycles. The van der Waals surface area contributed by atoms with Gasteiger partial charge in [-0.15, -0.1) is 12.1 Å². The van der Waals surface area contributed by atoms with Gasteiger partial charge in [0.15, 0.2) is 0 Å². The van der Waals surface area contributed by atoms with Crippen LogP contribution in [0.5, 0.6) is 0 Å². The Kier molecular flexibility index (Phi) is 13.3. The summed E-state index contributed by atoms with van der Waals surface area (Å²) < 4.78 is 0. The normalized spacial score (nSPS) is 42.2. The van der Waals surface area contributed by atoms with Crippen LogP contribution < -0.4 is 0 Å². The van der Waals surface area contributed by atoms with Crippen LogP contribution >= 0.6 is 0 Å². The Bertz CT molecular complexity index is 333. The Morgan fingerprint density at radius 3 is 1.07 bits per heavy atom. The molecule has 0 aromatic rings. The molecule has 3 heteroatoms. The fourth-order valence-corrected chi connectivity index (χ4v) is 5.80. The van der Waals surface area contributed by atoms with E-state index >= 15 is 0 Å². The average Bonchev–Trinajstić information content (AvgIpc) is 2.56. The Balaban J connectivity index is 0.00000225. The second kappa shape index (κ2) is 13.0. The SMILES string of the molecule is CC1CCCC(C)C1[N-]C1CCCCC1[N-]C1C(C)CCCC1C.[CH3-].[CH3-].[Ti+4]. The minimum atomic E-state index is 0. The van der Waals surface area contributed by atoms with E-state index in [4.69, 9.17) is 10.6 Å². The second-order valence-corrected chi connectivity index (χ2v) is 9.47. The van der Waals surface area contributed by atoms with E-state index in [2.05, 4.69) is 27.7 Å². The van der Waals surface area contributed by atoms with Gasteiger partial charge in [0, 0.05) is 0 Å². The Hall–Kier alpha value is 0.634. The van der Waals surface area contributed by atoms with Gasteiger partial charge in [-0.1, -0.05) is 116 Å². The first-order valence-electron chi connectivity index (χ1n) is 11.0. The summed E-state index contributed by atoms with van der Waals surface area (Å²) >= 11 is 0. The van der Waals surface area contributed by atoms with Crippen LogP contribution in [0.25, 0.3) is 10.6 Å². The molecule has 0 spiro atoms. The molecule has 27 heavy (non-hydrogen) atoms. The summed E-state index contributed by atoms with van der Waals surface area (Å²) in [6, 6.07) is 2.24. The van der Waals surface area contributed by atoms with Gasteiger partial charge < -0.3 is 25.5 Å². The number of nitrogens with zero attached hydrogens (tertiary/aromatic N) is 2. The summed E-state index contributed by atoms with van der Waals surface area (Å²) in [6.45, 7) is 9.74. The summed E-state index contributed by atoms with van der Waals surface area (Å²) in [5, 5.41) is 10.9. The maximum atomic E-state index is 5.46. The first kappa shape index (κ1) is 27.6. The van der Waals surface area contributed by atoms with Crippen LogP contribution in [0.1, 0.15) is 91.9 Å². The molecule has 0 amide bonds. The predicted octanol–water partition coefficient (Wildman–Crippen LogP) is 7.59.